The molecule has 0 unspecified atom stereocenters. The van der Waals surface area contributed by atoms with Crippen LogP contribution in [0.2, 0.25) is 0 Å². The number of esters is 1. The van der Waals surface area contributed by atoms with Crippen LogP contribution in [0.25, 0.3) is 0 Å². The number of amides is 3. The Kier molecular flexibility index (Phi) is 7.36. The number of halogens is 2. The molecule has 0 spiro atoms. The molecule has 7 nitrogen and oxygen atoms in total. The predicted octanol–water partition coefficient (Wildman–Crippen LogP) is 5.96. The van der Waals surface area contributed by atoms with Gasteiger partial charge in [-0.3, -0.25) is 19.3 Å². The van der Waals surface area contributed by atoms with E-state index >= 15 is 0 Å². The molecule has 1 saturated heterocycles. The van der Waals surface area contributed by atoms with Crippen LogP contribution >= 0.6 is 23.2 Å². The second-order valence-corrected chi connectivity index (χ2v) is 12.1. The summed E-state index contributed by atoms with van der Waals surface area (Å²) < 4.78 is 4.97. The number of carbonyl (C=O) groups is 4. The van der Waals surface area contributed by atoms with E-state index in [1.165, 1.54) is 4.90 Å². The van der Waals surface area contributed by atoms with Crippen LogP contribution in [0.1, 0.15) is 65.2 Å². The molecule has 42 heavy (non-hydrogen) atoms. The number of anilines is 1. The highest BCUT2D eigenvalue weighted by Crippen LogP contribution is 2.69. The van der Waals surface area contributed by atoms with E-state index in [0.29, 0.717) is 37.1 Å². The number of hydrogen-bond donors (Lipinski definition) is 1. The highest BCUT2D eigenvalue weighted by molar-refractivity contribution is 6.36. The van der Waals surface area contributed by atoms with Gasteiger partial charge in [-0.25, -0.2) is 4.79 Å². The highest BCUT2D eigenvalue weighted by atomic mass is 35.5. The Bertz CT molecular complexity index is 1470. The van der Waals surface area contributed by atoms with Gasteiger partial charge in [-0.1, -0.05) is 55.0 Å². The Morgan fingerprint density at radius 2 is 1.29 bits per heavy atom. The second kappa shape index (κ2) is 10.9. The van der Waals surface area contributed by atoms with Crippen LogP contribution in [0.4, 0.5) is 5.69 Å². The highest BCUT2D eigenvalue weighted by Gasteiger charge is 2.72. The first-order valence-electron chi connectivity index (χ1n) is 14.2. The minimum atomic E-state index is -1.18. The number of benzene rings is 3. The fourth-order valence-electron chi connectivity index (χ4n) is 6.80. The maximum atomic E-state index is 13.9. The Labute approximate surface area is 254 Å². The molecule has 3 aromatic rings. The van der Waals surface area contributed by atoms with Crippen molar-refractivity contribution in [2.75, 3.05) is 18.5 Å². The van der Waals surface area contributed by atoms with Crippen LogP contribution in [0.15, 0.2) is 72.8 Å². The molecule has 3 amide bonds. The van der Waals surface area contributed by atoms with E-state index in [1.807, 2.05) is 48.5 Å². The lowest BCUT2D eigenvalue weighted by molar-refractivity contribution is -0.140. The summed E-state index contributed by atoms with van der Waals surface area (Å²) >= 11 is 14.9. The van der Waals surface area contributed by atoms with Gasteiger partial charge in [-0.2, -0.15) is 0 Å². The van der Waals surface area contributed by atoms with Crippen LogP contribution < -0.4 is 5.32 Å². The SMILES string of the molecule is CCOC(=O)c1ccc(NC(=O)CCCCCN2C(=O)[C@@H]3[C@H](C2=O)C2(Cl)c4ccccc4C3(Cl)c3ccccc32)cc1. The molecule has 4 aliphatic rings. The first-order valence-corrected chi connectivity index (χ1v) is 15.0. The molecule has 7 rings (SSSR count). The molecule has 1 fully saturated rings. The van der Waals surface area contributed by atoms with Gasteiger partial charge in [-0.05, 0) is 66.3 Å². The molecule has 2 atom stereocenters. The van der Waals surface area contributed by atoms with E-state index in [-0.39, 0.29) is 30.7 Å². The van der Waals surface area contributed by atoms with Gasteiger partial charge >= 0.3 is 5.97 Å². The Balaban J connectivity index is 1.09. The third kappa shape index (κ3) is 4.24. The molecule has 3 aromatic carbocycles. The van der Waals surface area contributed by atoms with Gasteiger partial charge in [0.25, 0.3) is 0 Å². The van der Waals surface area contributed by atoms with Gasteiger partial charge in [0.15, 0.2) is 0 Å². The number of alkyl halides is 2. The van der Waals surface area contributed by atoms with Gasteiger partial charge in [0.1, 0.15) is 9.75 Å². The van der Waals surface area contributed by atoms with Crippen molar-refractivity contribution in [3.8, 4) is 0 Å². The van der Waals surface area contributed by atoms with E-state index in [4.69, 9.17) is 27.9 Å². The van der Waals surface area contributed by atoms with E-state index in [2.05, 4.69) is 5.32 Å². The number of nitrogens with zero attached hydrogens (tertiary/aromatic N) is 1. The van der Waals surface area contributed by atoms with Crippen molar-refractivity contribution >= 4 is 52.6 Å². The summed E-state index contributed by atoms with van der Waals surface area (Å²) in [5, 5.41) is 2.82. The first-order chi connectivity index (χ1) is 20.2. The number of unbranched alkanes of at least 4 members (excludes halogenated alkanes) is 2. The summed E-state index contributed by atoms with van der Waals surface area (Å²) in [6.07, 6.45) is 2.08. The summed E-state index contributed by atoms with van der Waals surface area (Å²) in [5.74, 6) is -2.74. The number of nitrogens with one attached hydrogen (secondary N) is 1. The van der Waals surface area contributed by atoms with Crippen LogP contribution in [0.3, 0.4) is 0 Å². The normalized spacial score (nSPS) is 25.1. The van der Waals surface area contributed by atoms with Gasteiger partial charge in [-0.15, -0.1) is 23.2 Å². The van der Waals surface area contributed by atoms with Crippen molar-refractivity contribution < 1.29 is 23.9 Å². The zero-order valence-electron chi connectivity index (χ0n) is 23.1. The summed E-state index contributed by atoms with van der Waals surface area (Å²) in [5.41, 5.74) is 4.14. The zero-order chi connectivity index (χ0) is 29.6. The molecular formula is C33H30Cl2N2O5. The lowest BCUT2D eigenvalue weighted by Crippen LogP contribution is -2.57. The quantitative estimate of drug-likeness (QED) is 0.141. The first kappa shape index (κ1) is 28.4. The number of ether oxygens (including phenoxy) is 1. The topological polar surface area (TPSA) is 92.8 Å². The summed E-state index contributed by atoms with van der Waals surface area (Å²) in [6, 6.07) is 21.7. The van der Waals surface area contributed by atoms with E-state index in [1.54, 1.807) is 31.2 Å². The van der Waals surface area contributed by atoms with Crippen molar-refractivity contribution in [3.05, 3.63) is 101 Å². The van der Waals surface area contributed by atoms with Gasteiger partial charge in [0.2, 0.25) is 17.7 Å². The standard InChI is InChI=1S/C33H30Cl2N2O5/c1-2-42-31(41)20-15-17-21(18-16-20)36-26(38)14-4-3-9-19-37-29(39)27-28(30(37)40)33(35)23-11-6-5-10-22(23)32(27,34)24-12-7-8-13-25(24)33/h5-8,10-13,15-18,27-28H,2-4,9,14,19H2,1H3,(H,36,38)/t27-,28+,32?,33?. The van der Waals surface area contributed by atoms with Crippen molar-refractivity contribution in [2.24, 2.45) is 11.8 Å². The Morgan fingerprint density at radius 3 is 1.76 bits per heavy atom. The largest absolute Gasteiger partial charge is 0.462 e. The third-order valence-corrected chi connectivity index (χ3v) is 9.93. The fourth-order valence-corrected chi connectivity index (χ4v) is 7.90. The van der Waals surface area contributed by atoms with Crippen LogP contribution in [-0.2, 0) is 28.9 Å². The van der Waals surface area contributed by atoms with Crippen molar-refractivity contribution in [1.82, 2.24) is 4.90 Å². The minimum Gasteiger partial charge on any atom is -0.462 e. The second-order valence-electron chi connectivity index (χ2n) is 11.0. The van der Waals surface area contributed by atoms with E-state index in [9.17, 15) is 19.2 Å². The molecule has 0 saturated carbocycles. The lowest BCUT2D eigenvalue weighted by atomic mass is 9.54. The number of hydrogen-bond acceptors (Lipinski definition) is 5. The van der Waals surface area contributed by atoms with Gasteiger partial charge in [0, 0.05) is 18.7 Å². The number of likely N-dealkylation sites (tertiary alicyclic amines) is 1. The monoisotopic (exact) mass is 604 g/mol. The van der Waals surface area contributed by atoms with E-state index in [0.717, 1.165) is 22.3 Å². The molecule has 3 aliphatic carbocycles. The average molecular weight is 606 g/mol. The zero-order valence-corrected chi connectivity index (χ0v) is 24.6. The number of rotatable bonds is 9. The maximum Gasteiger partial charge on any atom is 0.338 e. The molecule has 1 N–H and O–H groups in total. The Hall–Kier alpha value is -3.68. The maximum absolute atomic E-state index is 13.9. The molecule has 1 aliphatic heterocycles. The van der Waals surface area contributed by atoms with Crippen molar-refractivity contribution in [1.29, 1.82) is 0 Å². The lowest BCUT2D eigenvalue weighted by Gasteiger charge is -2.54. The van der Waals surface area contributed by atoms with Crippen LogP contribution in [0.5, 0.6) is 0 Å². The smallest absolute Gasteiger partial charge is 0.338 e. The van der Waals surface area contributed by atoms with Crippen LogP contribution in [0, 0.1) is 11.8 Å². The van der Waals surface area contributed by atoms with E-state index < -0.39 is 27.6 Å². The third-order valence-electron chi connectivity index (χ3n) is 8.64. The molecular weight excluding hydrogens is 575 g/mol. The van der Waals surface area contributed by atoms with Crippen molar-refractivity contribution in [3.63, 3.8) is 0 Å². The summed E-state index contributed by atoms with van der Waals surface area (Å²) in [7, 11) is 0. The predicted molar refractivity (Wildman–Crippen MR) is 159 cm³/mol. The molecule has 0 radical (unpaired) electrons. The minimum absolute atomic E-state index is 0.154. The molecule has 0 aromatic heterocycles. The van der Waals surface area contributed by atoms with Crippen molar-refractivity contribution in [2.45, 2.75) is 42.4 Å². The number of carbonyl (C=O) groups excluding carboxylic acids is 4. The number of imide groups is 1. The van der Waals surface area contributed by atoms with Crippen LogP contribution in [-0.4, -0.2) is 41.7 Å². The molecule has 216 valence electrons. The molecule has 2 bridgehead atoms. The average Bonchev–Trinajstić information content (AvgIpc) is 3.26. The molecule has 9 heteroatoms. The summed E-state index contributed by atoms with van der Waals surface area (Å²) in [4.78, 5) is 50.9. The van der Waals surface area contributed by atoms with Gasteiger partial charge in [0.05, 0.1) is 24.0 Å². The molecule has 1 heterocycles. The Morgan fingerprint density at radius 1 is 0.786 bits per heavy atom. The van der Waals surface area contributed by atoms with Gasteiger partial charge < -0.3 is 10.1 Å². The fraction of sp³-hybridized carbons (Fsp3) is 0.333. The summed E-state index contributed by atoms with van der Waals surface area (Å²) in [6.45, 7) is 2.28.